The molecule has 118 valence electrons. The van der Waals surface area contributed by atoms with E-state index in [-0.39, 0.29) is 16.5 Å². The van der Waals surface area contributed by atoms with Crippen molar-refractivity contribution in [2.75, 3.05) is 5.32 Å². The van der Waals surface area contributed by atoms with Crippen molar-refractivity contribution in [2.24, 2.45) is 5.14 Å². The van der Waals surface area contributed by atoms with Crippen molar-refractivity contribution in [1.82, 2.24) is 0 Å². The van der Waals surface area contributed by atoms with Crippen LogP contribution in [0.5, 0.6) is 0 Å². The maximum atomic E-state index is 11.3. The fourth-order valence-electron chi connectivity index (χ4n) is 2.04. The fourth-order valence-corrected chi connectivity index (χ4v) is 2.58. The topological polar surface area (TPSA) is 109 Å². The maximum Gasteiger partial charge on any atom is 0.337 e. The minimum Gasteiger partial charge on any atom is -0.478 e. The molecule has 6 nitrogen and oxygen atoms in total. The predicted octanol–water partition coefficient (Wildman–Crippen LogP) is 2.41. The molecule has 0 bridgehead atoms. The SMILES string of the molecule is CCCCCC(C)Nc1ccc(S(N)(=O)=O)cc1C(=O)O. The largest absolute Gasteiger partial charge is 0.478 e. The summed E-state index contributed by atoms with van der Waals surface area (Å²) in [6.45, 7) is 4.08. The van der Waals surface area contributed by atoms with E-state index in [9.17, 15) is 18.3 Å². The van der Waals surface area contributed by atoms with Gasteiger partial charge in [-0.2, -0.15) is 0 Å². The van der Waals surface area contributed by atoms with E-state index in [1.165, 1.54) is 12.1 Å². The Hall–Kier alpha value is -1.60. The van der Waals surface area contributed by atoms with Gasteiger partial charge in [-0.3, -0.25) is 0 Å². The number of primary sulfonamides is 1. The van der Waals surface area contributed by atoms with E-state index in [1.807, 2.05) is 6.92 Å². The van der Waals surface area contributed by atoms with E-state index >= 15 is 0 Å². The second-order valence-electron chi connectivity index (χ2n) is 5.10. The van der Waals surface area contributed by atoms with E-state index in [0.29, 0.717) is 5.69 Å². The molecule has 0 saturated carbocycles. The van der Waals surface area contributed by atoms with Crippen LogP contribution in [0.25, 0.3) is 0 Å². The molecular weight excluding hydrogens is 292 g/mol. The lowest BCUT2D eigenvalue weighted by atomic mass is 10.1. The Morgan fingerprint density at radius 1 is 1.38 bits per heavy atom. The Morgan fingerprint density at radius 3 is 2.57 bits per heavy atom. The summed E-state index contributed by atoms with van der Waals surface area (Å²) in [6.07, 6.45) is 4.23. The molecule has 1 rings (SSSR count). The summed E-state index contributed by atoms with van der Waals surface area (Å²) >= 11 is 0. The quantitative estimate of drug-likeness (QED) is 0.638. The lowest BCUT2D eigenvalue weighted by Crippen LogP contribution is -2.18. The van der Waals surface area contributed by atoms with Gasteiger partial charge in [-0.05, 0) is 31.5 Å². The highest BCUT2D eigenvalue weighted by atomic mass is 32.2. The van der Waals surface area contributed by atoms with Crippen molar-refractivity contribution in [3.63, 3.8) is 0 Å². The molecule has 0 aliphatic rings. The van der Waals surface area contributed by atoms with Crippen LogP contribution >= 0.6 is 0 Å². The molecule has 1 aromatic rings. The summed E-state index contributed by atoms with van der Waals surface area (Å²) in [5, 5.41) is 17.3. The molecule has 21 heavy (non-hydrogen) atoms. The number of nitrogens with two attached hydrogens (primary N) is 1. The molecule has 0 aliphatic heterocycles. The van der Waals surface area contributed by atoms with Gasteiger partial charge in [-0.1, -0.05) is 26.2 Å². The summed E-state index contributed by atoms with van der Waals surface area (Å²) in [7, 11) is -3.91. The second kappa shape index (κ2) is 7.42. The third-order valence-electron chi connectivity index (χ3n) is 3.19. The van der Waals surface area contributed by atoms with Crippen LogP contribution in [0.2, 0.25) is 0 Å². The molecule has 4 N–H and O–H groups in total. The van der Waals surface area contributed by atoms with Gasteiger partial charge < -0.3 is 10.4 Å². The van der Waals surface area contributed by atoms with Crippen LogP contribution in [0.1, 0.15) is 49.9 Å². The average Bonchev–Trinajstić information content (AvgIpc) is 2.37. The van der Waals surface area contributed by atoms with Crippen molar-refractivity contribution < 1.29 is 18.3 Å². The molecular formula is C14H22N2O4S. The molecule has 0 fully saturated rings. The third kappa shape index (κ3) is 5.35. The zero-order chi connectivity index (χ0) is 16.0. The summed E-state index contributed by atoms with van der Waals surface area (Å²) in [5.74, 6) is -1.19. The number of nitrogens with one attached hydrogen (secondary N) is 1. The van der Waals surface area contributed by atoms with E-state index in [2.05, 4.69) is 12.2 Å². The van der Waals surface area contributed by atoms with Crippen LogP contribution in [0.15, 0.2) is 23.1 Å². The van der Waals surface area contributed by atoms with Gasteiger partial charge in [0.25, 0.3) is 0 Å². The Kier molecular flexibility index (Phi) is 6.17. The van der Waals surface area contributed by atoms with Crippen LogP contribution in [-0.4, -0.2) is 25.5 Å². The molecule has 1 aromatic carbocycles. The monoisotopic (exact) mass is 314 g/mol. The number of carbonyl (C=O) groups is 1. The third-order valence-corrected chi connectivity index (χ3v) is 4.10. The van der Waals surface area contributed by atoms with E-state index in [1.54, 1.807) is 0 Å². The van der Waals surface area contributed by atoms with Gasteiger partial charge in [0.05, 0.1) is 10.5 Å². The molecule has 0 radical (unpaired) electrons. The molecule has 0 aliphatic carbocycles. The van der Waals surface area contributed by atoms with Crippen LogP contribution in [0, 0.1) is 0 Å². The first-order valence-electron chi connectivity index (χ1n) is 6.92. The minimum atomic E-state index is -3.91. The lowest BCUT2D eigenvalue weighted by molar-refractivity contribution is 0.0697. The number of anilines is 1. The van der Waals surface area contributed by atoms with E-state index < -0.39 is 16.0 Å². The fraction of sp³-hybridized carbons (Fsp3) is 0.500. The van der Waals surface area contributed by atoms with Crippen LogP contribution in [0.4, 0.5) is 5.69 Å². The smallest absolute Gasteiger partial charge is 0.337 e. The summed E-state index contributed by atoms with van der Waals surface area (Å²) < 4.78 is 22.6. The maximum absolute atomic E-state index is 11.3. The number of hydrogen-bond donors (Lipinski definition) is 3. The summed E-state index contributed by atoms with van der Waals surface area (Å²) in [6, 6.07) is 3.94. The highest BCUT2D eigenvalue weighted by molar-refractivity contribution is 7.89. The highest BCUT2D eigenvalue weighted by Crippen LogP contribution is 2.21. The first kappa shape index (κ1) is 17.5. The number of aromatic carboxylic acids is 1. The average molecular weight is 314 g/mol. The predicted molar refractivity (Wildman–Crippen MR) is 82.0 cm³/mol. The number of unbranched alkanes of at least 4 members (excludes halogenated alkanes) is 2. The number of sulfonamides is 1. The number of carboxylic acids is 1. The van der Waals surface area contributed by atoms with E-state index in [0.717, 1.165) is 31.7 Å². The van der Waals surface area contributed by atoms with Crippen LogP contribution < -0.4 is 10.5 Å². The van der Waals surface area contributed by atoms with Gasteiger partial charge in [0, 0.05) is 11.7 Å². The standard InChI is InChI=1S/C14H22N2O4S/c1-3-4-5-6-10(2)16-13-8-7-11(21(15,19)20)9-12(13)14(17)18/h7-10,16H,3-6H2,1-2H3,(H,17,18)(H2,15,19,20). The first-order chi connectivity index (χ1) is 9.75. The van der Waals surface area contributed by atoms with Crippen LogP contribution in [-0.2, 0) is 10.0 Å². The van der Waals surface area contributed by atoms with Gasteiger partial charge in [0.2, 0.25) is 10.0 Å². The van der Waals surface area contributed by atoms with Gasteiger partial charge in [-0.15, -0.1) is 0 Å². The number of hydrogen-bond acceptors (Lipinski definition) is 4. The molecule has 0 spiro atoms. The van der Waals surface area contributed by atoms with Gasteiger partial charge in [0.1, 0.15) is 0 Å². The molecule has 7 heteroatoms. The lowest BCUT2D eigenvalue weighted by Gasteiger charge is -2.17. The second-order valence-corrected chi connectivity index (χ2v) is 6.66. The normalized spacial score (nSPS) is 12.9. The summed E-state index contributed by atoms with van der Waals surface area (Å²) in [5.41, 5.74) is 0.308. The number of benzene rings is 1. The molecule has 0 heterocycles. The van der Waals surface area contributed by atoms with Gasteiger partial charge in [-0.25, -0.2) is 18.4 Å². The number of carboxylic acid groups (broad SMARTS) is 1. The molecule has 1 unspecified atom stereocenters. The van der Waals surface area contributed by atoms with Crippen molar-refractivity contribution >= 4 is 21.7 Å². The zero-order valence-electron chi connectivity index (χ0n) is 12.3. The first-order valence-corrected chi connectivity index (χ1v) is 8.47. The zero-order valence-corrected chi connectivity index (χ0v) is 13.1. The van der Waals surface area contributed by atoms with Crippen molar-refractivity contribution in [1.29, 1.82) is 0 Å². The summed E-state index contributed by atoms with van der Waals surface area (Å²) in [4.78, 5) is 11.1. The Morgan fingerprint density at radius 2 is 2.05 bits per heavy atom. The molecule has 0 aromatic heterocycles. The Labute approximate surface area is 125 Å². The van der Waals surface area contributed by atoms with Crippen LogP contribution in [0.3, 0.4) is 0 Å². The van der Waals surface area contributed by atoms with E-state index in [4.69, 9.17) is 5.14 Å². The Bertz CT molecular complexity index is 599. The van der Waals surface area contributed by atoms with Crippen molar-refractivity contribution in [3.8, 4) is 0 Å². The van der Waals surface area contributed by atoms with Crippen molar-refractivity contribution in [3.05, 3.63) is 23.8 Å². The van der Waals surface area contributed by atoms with Gasteiger partial charge in [0.15, 0.2) is 0 Å². The van der Waals surface area contributed by atoms with Crippen molar-refractivity contribution in [2.45, 2.75) is 50.5 Å². The minimum absolute atomic E-state index is 0.0936. The van der Waals surface area contributed by atoms with Gasteiger partial charge >= 0.3 is 5.97 Å². The molecule has 0 saturated heterocycles. The Balaban J connectivity index is 2.94. The number of rotatable bonds is 8. The molecule has 0 amide bonds. The molecule has 1 atom stereocenters. The highest BCUT2D eigenvalue weighted by Gasteiger charge is 2.17.